The zero-order chi connectivity index (χ0) is 12.5. The quantitative estimate of drug-likeness (QED) is 0.748. The lowest BCUT2D eigenvalue weighted by Crippen LogP contribution is -2.60. The van der Waals surface area contributed by atoms with E-state index in [0.29, 0.717) is 6.10 Å². The Hall–Kier alpha value is -0.120. The maximum atomic E-state index is 5.72. The standard InChI is InChI=1S/C15H28N2O/c1-3-13-10-16-7-4-5-15(16)11-17(13)14-6-8-18-12(2)9-14/h12-15H,3-11H2,1-2H3. The molecule has 3 saturated heterocycles. The van der Waals surface area contributed by atoms with Gasteiger partial charge in [0.2, 0.25) is 0 Å². The summed E-state index contributed by atoms with van der Waals surface area (Å²) in [5.41, 5.74) is 0. The molecule has 0 saturated carbocycles. The number of piperazine rings is 1. The Morgan fingerprint density at radius 1 is 1.17 bits per heavy atom. The average molecular weight is 252 g/mol. The fourth-order valence-corrected chi connectivity index (χ4v) is 4.20. The zero-order valence-electron chi connectivity index (χ0n) is 12.0. The average Bonchev–Trinajstić information content (AvgIpc) is 2.84. The number of rotatable bonds is 2. The highest BCUT2D eigenvalue weighted by Gasteiger charge is 2.39. The molecule has 0 aromatic heterocycles. The van der Waals surface area contributed by atoms with Gasteiger partial charge in [0.25, 0.3) is 0 Å². The summed E-state index contributed by atoms with van der Waals surface area (Å²) in [4.78, 5) is 5.58. The van der Waals surface area contributed by atoms with E-state index in [9.17, 15) is 0 Å². The van der Waals surface area contributed by atoms with Crippen molar-refractivity contribution < 1.29 is 4.74 Å². The van der Waals surface area contributed by atoms with Gasteiger partial charge in [0.15, 0.2) is 0 Å². The fourth-order valence-electron chi connectivity index (χ4n) is 4.20. The van der Waals surface area contributed by atoms with E-state index in [1.54, 1.807) is 0 Å². The van der Waals surface area contributed by atoms with Crippen LogP contribution in [0.4, 0.5) is 0 Å². The first-order chi connectivity index (χ1) is 8.78. The summed E-state index contributed by atoms with van der Waals surface area (Å²) in [6, 6.07) is 2.42. The van der Waals surface area contributed by atoms with E-state index in [0.717, 1.165) is 24.7 Å². The molecule has 18 heavy (non-hydrogen) atoms. The number of ether oxygens (including phenoxy) is 1. The van der Waals surface area contributed by atoms with E-state index >= 15 is 0 Å². The van der Waals surface area contributed by atoms with E-state index in [1.807, 2.05) is 0 Å². The van der Waals surface area contributed by atoms with E-state index in [1.165, 1.54) is 51.7 Å². The van der Waals surface area contributed by atoms with Gasteiger partial charge in [0.05, 0.1) is 6.10 Å². The van der Waals surface area contributed by atoms with Crippen LogP contribution in [0.2, 0.25) is 0 Å². The normalized spacial score (nSPS) is 43.0. The lowest BCUT2D eigenvalue weighted by atomic mass is 9.96. The third-order valence-corrected chi connectivity index (χ3v) is 5.23. The van der Waals surface area contributed by atoms with Gasteiger partial charge in [0, 0.05) is 37.8 Å². The second kappa shape index (κ2) is 5.48. The monoisotopic (exact) mass is 252 g/mol. The molecule has 0 radical (unpaired) electrons. The smallest absolute Gasteiger partial charge is 0.0561 e. The molecule has 3 fully saturated rings. The molecule has 3 aliphatic heterocycles. The topological polar surface area (TPSA) is 15.7 Å². The van der Waals surface area contributed by atoms with Crippen molar-refractivity contribution in [2.24, 2.45) is 0 Å². The van der Waals surface area contributed by atoms with Gasteiger partial charge < -0.3 is 4.74 Å². The number of fused-ring (bicyclic) bond motifs is 1. The van der Waals surface area contributed by atoms with Crippen LogP contribution in [0.5, 0.6) is 0 Å². The fraction of sp³-hybridized carbons (Fsp3) is 1.00. The molecule has 3 heteroatoms. The Morgan fingerprint density at radius 3 is 2.83 bits per heavy atom. The van der Waals surface area contributed by atoms with Crippen molar-refractivity contribution in [3.05, 3.63) is 0 Å². The molecule has 3 nitrogen and oxygen atoms in total. The molecule has 3 rings (SSSR count). The van der Waals surface area contributed by atoms with E-state index in [2.05, 4.69) is 23.6 Å². The molecule has 4 unspecified atom stereocenters. The molecular formula is C15H28N2O. The first-order valence-corrected chi connectivity index (χ1v) is 7.89. The molecule has 0 aliphatic carbocycles. The summed E-state index contributed by atoms with van der Waals surface area (Å²) in [5, 5.41) is 0. The van der Waals surface area contributed by atoms with Crippen LogP contribution in [0.15, 0.2) is 0 Å². The second-order valence-corrected chi connectivity index (χ2v) is 6.41. The molecule has 0 aromatic carbocycles. The molecule has 104 valence electrons. The number of hydrogen-bond donors (Lipinski definition) is 0. The second-order valence-electron chi connectivity index (χ2n) is 6.41. The third-order valence-electron chi connectivity index (χ3n) is 5.23. The Labute approximate surface area is 111 Å². The van der Waals surface area contributed by atoms with Gasteiger partial charge in [-0.1, -0.05) is 6.92 Å². The summed E-state index contributed by atoms with van der Waals surface area (Å²) in [6.07, 6.45) is 7.08. The summed E-state index contributed by atoms with van der Waals surface area (Å²) in [7, 11) is 0. The largest absolute Gasteiger partial charge is 0.378 e. The predicted octanol–water partition coefficient (Wildman–Crippen LogP) is 2.11. The first kappa shape index (κ1) is 12.9. The number of nitrogens with zero attached hydrogens (tertiary/aromatic N) is 2. The van der Waals surface area contributed by atoms with Crippen molar-refractivity contribution >= 4 is 0 Å². The predicted molar refractivity (Wildman–Crippen MR) is 73.8 cm³/mol. The molecule has 0 aromatic rings. The van der Waals surface area contributed by atoms with Gasteiger partial charge in [-0.25, -0.2) is 0 Å². The third kappa shape index (κ3) is 2.45. The van der Waals surface area contributed by atoms with Crippen LogP contribution in [0.3, 0.4) is 0 Å². The Morgan fingerprint density at radius 2 is 2.06 bits per heavy atom. The van der Waals surface area contributed by atoms with Gasteiger partial charge in [0.1, 0.15) is 0 Å². The van der Waals surface area contributed by atoms with E-state index < -0.39 is 0 Å². The minimum absolute atomic E-state index is 0.461. The minimum Gasteiger partial charge on any atom is -0.378 e. The van der Waals surface area contributed by atoms with Gasteiger partial charge in [-0.3, -0.25) is 9.80 Å². The van der Waals surface area contributed by atoms with Crippen molar-refractivity contribution in [1.82, 2.24) is 9.80 Å². The van der Waals surface area contributed by atoms with E-state index in [4.69, 9.17) is 4.74 Å². The maximum absolute atomic E-state index is 5.72. The first-order valence-electron chi connectivity index (χ1n) is 7.89. The molecule has 0 bridgehead atoms. The lowest BCUT2D eigenvalue weighted by Gasteiger charge is -2.48. The summed E-state index contributed by atoms with van der Waals surface area (Å²) in [5.74, 6) is 0. The molecule has 3 heterocycles. The van der Waals surface area contributed by atoms with Crippen LogP contribution >= 0.6 is 0 Å². The maximum Gasteiger partial charge on any atom is 0.0561 e. The van der Waals surface area contributed by atoms with Crippen LogP contribution in [0, 0.1) is 0 Å². The lowest BCUT2D eigenvalue weighted by molar-refractivity contribution is -0.0538. The molecule has 0 spiro atoms. The summed E-state index contributed by atoms with van der Waals surface area (Å²) >= 11 is 0. The highest BCUT2D eigenvalue weighted by molar-refractivity contribution is 4.95. The Balaban J connectivity index is 1.68. The Kier molecular flexibility index (Phi) is 3.92. The molecule has 3 aliphatic rings. The van der Waals surface area contributed by atoms with Gasteiger partial charge in [-0.15, -0.1) is 0 Å². The van der Waals surface area contributed by atoms with Crippen molar-refractivity contribution in [1.29, 1.82) is 0 Å². The SMILES string of the molecule is CCC1CN2CCCC2CN1C1CCOC(C)C1. The van der Waals surface area contributed by atoms with Crippen molar-refractivity contribution in [3.8, 4) is 0 Å². The summed E-state index contributed by atoms with van der Waals surface area (Å²) in [6.45, 7) is 9.53. The summed E-state index contributed by atoms with van der Waals surface area (Å²) < 4.78 is 5.72. The van der Waals surface area contributed by atoms with Crippen molar-refractivity contribution in [2.75, 3.05) is 26.2 Å². The highest BCUT2D eigenvalue weighted by Crippen LogP contribution is 2.30. The molecular weight excluding hydrogens is 224 g/mol. The molecule has 0 amide bonds. The van der Waals surface area contributed by atoms with Crippen LogP contribution in [-0.4, -0.2) is 60.3 Å². The van der Waals surface area contributed by atoms with Crippen LogP contribution in [0.1, 0.15) is 46.0 Å². The zero-order valence-corrected chi connectivity index (χ0v) is 12.0. The van der Waals surface area contributed by atoms with Crippen molar-refractivity contribution in [2.45, 2.75) is 70.2 Å². The minimum atomic E-state index is 0.461. The van der Waals surface area contributed by atoms with Crippen LogP contribution in [0.25, 0.3) is 0 Å². The van der Waals surface area contributed by atoms with Gasteiger partial charge in [-0.2, -0.15) is 0 Å². The van der Waals surface area contributed by atoms with Gasteiger partial charge in [-0.05, 0) is 45.6 Å². The van der Waals surface area contributed by atoms with Gasteiger partial charge >= 0.3 is 0 Å². The Bertz CT molecular complexity index is 284. The van der Waals surface area contributed by atoms with Crippen LogP contribution in [-0.2, 0) is 4.74 Å². The van der Waals surface area contributed by atoms with Crippen LogP contribution < -0.4 is 0 Å². The number of hydrogen-bond acceptors (Lipinski definition) is 3. The molecule has 0 N–H and O–H groups in total. The van der Waals surface area contributed by atoms with E-state index in [-0.39, 0.29) is 0 Å². The molecule has 4 atom stereocenters. The van der Waals surface area contributed by atoms with Crippen molar-refractivity contribution in [3.63, 3.8) is 0 Å². The highest BCUT2D eigenvalue weighted by atomic mass is 16.5.